The Labute approximate surface area is 153 Å². The molecule has 3 rings (SSSR count). The van der Waals surface area contributed by atoms with Gasteiger partial charge in [-0.25, -0.2) is 4.98 Å². The number of nitrogens with one attached hydrogen (secondary N) is 1. The topological polar surface area (TPSA) is 70.1 Å². The SMILES string of the molecule is CC(C)c1nc(NC2CCN(c3ncccc3Cl)C2)nc(N(C)C)n1. The molecular weight excluding hydrogens is 338 g/mol. The fourth-order valence-electron chi connectivity index (χ4n) is 2.77. The van der Waals surface area contributed by atoms with E-state index in [0.29, 0.717) is 16.9 Å². The van der Waals surface area contributed by atoms with Crippen molar-refractivity contribution in [3.8, 4) is 0 Å². The molecule has 1 atom stereocenters. The molecule has 1 aliphatic heterocycles. The van der Waals surface area contributed by atoms with Crippen LogP contribution in [0.3, 0.4) is 0 Å². The summed E-state index contributed by atoms with van der Waals surface area (Å²) in [4.78, 5) is 22.1. The fraction of sp³-hybridized carbons (Fsp3) is 0.529. The van der Waals surface area contributed by atoms with Gasteiger partial charge in [0.1, 0.15) is 11.6 Å². The van der Waals surface area contributed by atoms with Gasteiger partial charge >= 0.3 is 0 Å². The number of nitrogens with zero attached hydrogens (tertiary/aromatic N) is 6. The largest absolute Gasteiger partial charge is 0.353 e. The van der Waals surface area contributed by atoms with Gasteiger partial charge in [0, 0.05) is 45.3 Å². The monoisotopic (exact) mass is 361 g/mol. The normalized spacial score (nSPS) is 17.2. The average Bonchev–Trinajstić information content (AvgIpc) is 3.03. The van der Waals surface area contributed by atoms with E-state index in [0.717, 1.165) is 31.2 Å². The minimum atomic E-state index is 0.245. The summed E-state index contributed by atoms with van der Waals surface area (Å²) in [5.41, 5.74) is 0. The lowest BCUT2D eigenvalue weighted by Gasteiger charge is -2.19. The molecule has 0 amide bonds. The van der Waals surface area contributed by atoms with Crippen LogP contribution in [-0.4, -0.2) is 53.2 Å². The number of aromatic nitrogens is 4. The quantitative estimate of drug-likeness (QED) is 0.877. The number of hydrogen-bond acceptors (Lipinski definition) is 7. The molecule has 7 nitrogen and oxygen atoms in total. The third kappa shape index (κ3) is 4.10. The average molecular weight is 362 g/mol. The third-order valence-corrected chi connectivity index (χ3v) is 4.41. The van der Waals surface area contributed by atoms with Gasteiger partial charge in [-0.2, -0.15) is 15.0 Å². The molecule has 0 aliphatic carbocycles. The molecule has 25 heavy (non-hydrogen) atoms. The van der Waals surface area contributed by atoms with Gasteiger partial charge in [-0.15, -0.1) is 0 Å². The first-order chi connectivity index (χ1) is 11.9. The highest BCUT2D eigenvalue weighted by molar-refractivity contribution is 6.32. The summed E-state index contributed by atoms with van der Waals surface area (Å²) in [7, 11) is 3.87. The number of halogens is 1. The van der Waals surface area contributed by atoms with Crippen molar-refractivity contribution in [3.63, 3.8) is 0 Å². The zero-order valence-electron chi connectivity index (χ0n) is 15.1. The van der Waals surface area contributed by atoms with E-state index in [-0.39, 0.29) is 12.0 Å². The highest BCUT2D eigenvalue weighted by Crippen LogP contribution is 2.26. The van der Waals surface area contributed by atoms with Crippen molar-refractivity contribution in [2.45, 2.75) is 32.2 Å². The van der Waals surface area contributed by atoms with Crippen LogP contribution in [-0.2, 0) is 0 Å². The Hall–Kier alpha value is -2.15. The summed E-state index contributed by atoms with van der Waals surface area (Å²) in [6, 6.07) is 3.96. The predicted octanol–water partition coefficient (Wildman–Crippen LogP) is 2.80. The zero-order chi connectivity index (χ0) is 18.0. The molecule has 3 heterocycles. The van der Waals surface area contributed by atoms with Crippen LogP contribution in [0.25, 0.3) is 0 Å². The molecule has 2 aromatic rings. The summed E-state index contributed by atoms with van der Waals surface area (Å²) >= 11 is 6.26. The van der Waals surface area contributed by atoms with E-state index >= 15 is 0 Å². The third-order valence-electron chi connectivity index (χ3n) is 4.12. The molecule has 8 heteroatoms. The van der Waals surface area contributed by atoms with E-state index in [9.17, 15) is 0 Å². The number of anilines is 3. The second kappa shape index (κ2) is 7.39. The maximum absolute atomic E-state index is 6.26. The van der Waals surface area contributed by atoms with Crippen LogP contribution in [0.4, 0.5) is 17.7 Å². The second-order valence-corrected chi connectivity index (χ2v) is 7.16. The summed E-state index contributed by atoms with van der Waals surface area (Å²) in [5, 5.41) is 4.13. The van der Waals surface area contributed by atoms with Crippen LogP contribution >= 0.6 is 11.6 Å². The van der Waals surface area contributed by atoms with Gasteiger partial charge in [0.2, 0.25) is 11.9 Å². The Morgan fingerprint density at radius 3 is 2.76 bits per heavy atom. The number of hydrogen-bond donors (Lipinski definition) is 1. The van der Waals surface area contributed by atoms with Gasteiger partial charge in [0.25, 0.3) is 0 Å². The van der Waals surface area contributed by atoms with Gasteiger partial charge in [-0.3, -0.25) is 0 Å². The van der Waals surface area contributed by atoms with Crippen LogP contribution in [0.15, 0.2) is 18.3 Å². The van der Waals surface area contributed by atoms with Crippen molar-refractivity contribution in [1.29, 1.82) is 0 Å². The molecule has 134 valence electrons. The molecule has 0 radical (unpaired) electrons. The van der Waals surface area contributed by atoms with E-state index < -0.39 is 0 Å². The van der Waals surface area contributed by atoms with Gasteiger partial charge in [-0.1, -0.05) is 25.4 Å². The van der Waals surface area contributed by atoms with E-state index in [1.54, 1.807) is 6.20 Å². The number of pyridine rings is 1. The van der Waals surface area contributed by atoms with Gasteiger partial charge in [0.05, 0.1) is 5.02 Å². The minimum absolute atomic E-state index is 0.245. The maximum Gasteiger partial charge on any atom is 0.229 e. The van der Waals surface area contributed by atoms with Gasteiger partial charge < -0.3 is 15.1 Å². The van der Waals surface area contributed by atoms with Crippen LogP contribution < -0.4 is 15.1 Å². The minimum Gasteiger partial charge on any atom is -0.353 e. The van der Waals surface area contributed by atoms with Crippen molar-refractivity contribution in [2.75, 3.05) is 42.3 Å². The van der Waals surface area contributed by atoms with Crippen LogP contribution in [0.5, 0.6) is 0 Å². The molecule has 1 unspecified atom stereocenters. The Kier molecular flexibility index (Phi) is 5.22. The Balaban J connectivity index is 1.74. The Morgan fingerprint density at radius 1 is 1.28 bits per heavy atom. The molecular formula is C17H24ClN7. The Morgan fingerprint density at radius 2 is 2.08 bits per heavy atom. The van der Waals surface area contributed by atoms with Gasteiger partial charge in [-0.05, 0) is 18.6 Å². The van der Waals surface area contributed by atoms with Gasteiger partial charge in [0.15, 0.2) is 0 Å². The standard InChI is InChI=1S/C17H24ClN7/c1-11(2)14-21-16(23-17(22-14)24(3)4)20-12-7-9-25(10-12)15-13(18)6-5-8-19-15/h5-6,8,11-12H,7,9-10H2,1-4H3,(H,20,21,22,23). The van der Waals surface area contributed by atoms with Crippen LogP contribution in [0.1, 0.15) is 32.0 Å². The lowest BCUT2D eigenvalue weighted by Crippen LogP contribution is -2.28. The van der Waals surface area contributed by atoms with Crippen LogP contribution in [0, 0.1) is 0 Å². The van der Waals surface area contributed by atoms with Crippen molar-refractivity contribution in [1.82, 2.24) is 19.9 Å². The lowest BCUT2D eigenvalue weighted by molar-refractivity contribution is 0.736. The van der Waals surface area contributed by atoms with E-state index in [4.69, 9.17) is 11.6 Å². The van der Waals surface area contributed by atoms with Crippen molar-refractivity contribution >= 4 is 29.3 Å². The molecule has 0 saturated carbocycles. The molecule has 1 N–H and O–H groups in total. The smallest absolute Gasteiger partial charge is 0.229 e. The summed E-state index contributed by atoms with van der Waals surface area (Å²) in [5.74, 6) is 3.17. The first kappa shape index (κ1) is 17.7. The first-order valence-electron chi connectivity index (χ1n) is 8.49. The predicted molar refractivity (Wildman–Crippen MR) is 102 cm³/mol. The first-order valence-corrected chi connectivity index (χ1v) is 8.87. The molecule has 1 fully saturated rings. The van der Waals surface area contributed by atoms with E-state index in [1.165, 1.54) is 0 Å². The Bertz CT molecular complexity index is 708. The molecule has 0 spiro atoms. The van der Waals surface area contributed by atoms with E-state index in [1.807, 2.05) is 31.1 Å². The molecule has 2 aromatic heterocycles. The molecule has 1 aliphatic rings. The van der Waals surface area contributed by atoms with Crippen molar-refractivity contribution in [2.24, 2.45) is 0 Å². The second-order valence-electron chi connectivity index (χ2n) is 6.75. The molecule has 1 saturated heterocycles. The highest BCUT2D eigenvalue weighted by atomic mass is 35.5. The highest BCUT2D eigenvalue weighted by Gasteiger charge is 2.26. The van der Waals surface area contributed by atoms with Crippen LogP contribution in [0.2, 0.25) is 5.02 Å². The van der Waals surface area contributed by atoms with E-state index in [2.05, 4.69) is 44.0 Å². The van der Waals surface area contributed by atoms with Crippen molar-refractivity contribution in [3.05, 3.63) is 29.2 Å². The fourth-order valence-corrected chi connectivity index (χ4v) is 3.01. The summed E-state index contributed by atoms with van der Waals surface area (Å²) < 4.78 is 0. The maximum atomic E-state index is 6.26. The van der Waals surface area contributed by atoms with Crippen molar-refractivity contribution < 1.29 is 0 Å². The summed E-state index contributed by atoms with van der Waals surface area (Å²) in [6.45, 7) is 5.88. The molecule has 0 bridgehead atoms. The molecule has 0 aromatic carbocycles. The zero-order valence-corrected chi connectivity index (χ0v) is 15.8. The summed E-state index contributed by atoms with van der Waals surface area (Å²) in [6.07, 6.45) is 2.75. The lowest BCUT2D eigenvalue weighted by atomic mass is 10.2. The number of rotatable bonds is 5.